The Bertz CT molecular complexity index is 285. The zero-order chi connectivity index (χ0) is 13.9. The van der Waals surface area contributed by atoms with E-state index in [4.69, 9.17) is 5.73 Å². The van der Waals surface area contributed by atoms with Crippen LogP contribution in [0.1, 0.15) is 72.1 Å². The van der Waals surface area contributed by atoms with Gasteiger partial charge in [-0.25, -0.2) is 0 Å². The van der Waals surface area contributed by atoms with Crippen molar-refractivity contribution in [1.29, 1.82) is 0 Å². The van der Waals surface area contributed by atoms with Crippen LogP contribution < -0.4 is 5.73 Å². The van der Waals surface area contributed by atoms with Crippen LogP contribution in [0.15, 0.2) is 0 Å². The lowest BCUT2D eigenvalue weighted by Crippen LogP contribution is -2.53. The summed E-state index contributed by atoms with van der Waals surface area (Å²) in [4.78, 5) is 2.79. The molecule has 19 heavy (non-hydrogen) atoms. The predicted molar refractivity (Wildman–Crippen MR) is 83.2 cm³/mol. The molecule has 0 aromatic carbocycles. The van der Waals surface area contributed by atoms with Gasteiger partial charge in [-0.05, 0) is 56.4 Å². The van der Waals surface area contributed by atoms with E-state index < -0.39 is 0 Å². The number of rotatable bonds is 4. The molecule has 0 bridgehead atoms. The molecule has 0 radical (unpaired) electrons. The van der Waals surface area contributed by atoms with Crippen molar-refractivity contribution in [3.63, 3.8) is 0 Å². The van der Waals surface area contributed by atoms with Gasteiger partial charge in [-0.3, -0.25) is 4.90 Å². The van der Waals surface area contributed by atoms with E-state index >= 15 is 0 Å². The summed E-state index contributed by atoms with van der Waals surface area (Å²) >= 11 is 0. The lowest BCUT2D eigenvalue weighted by molar-refractivity contribution is 0.0863. The first-order valence-corrected chi connectivity index (χ1v) is 8.55. The molecule has 2 atom stereocenters. The highest BCUT2D eigenvalue weighted by atomic mass is 15.2. The van der Waals surface area contributed by atoms with E-state index in [2.05, 4.69) is 25.7 Å². The van der Waals surface area contributed by atoms with Crippen molar-refractivity contribution >= 4 is 0 Å². The second kappa shape index (κ2) is 6.13. The maximum absolute atomic E-state index is 6.26. The van der Waals surface area contributed by atoms with Crippen molar-refractivity contribution < 1.29 is 0 Å². The molecular weight excluding hydrogens is 232 g/mol. The summed E-state index contributed by atoms with van der Waals surface area (Å²) in [6.07, 6.45) is 10.9. The van der Waals surface area contributed by atoms with Crippen LogP contribution in [0.4, 0.5) is 0 Å². The Labute approximate surface area is 120 Å². The molecule has 1 aliphatic carbocycles. The summed E-state index contributed by atoms with van der Waals surface area (Å²) in [5.74, 6) is 0.901. The number of hydrogen-bond donors (Lipinski definition) is 1. The molecule has 2 heteroatoms. The third-order valence-electron chi connectivity index (χ3n) is 6.43. The number of nitrogens with two attached hydrogens (primary N) is 1. The Hall–Kier alpha value is -0.0800. The van der Waals surface area contributed by atoms with Gasteiger partial charge < -0.3 is 5.73 Å². The SMILES string of the molecule is CCC1(CC)CCN(C2(CN)CCCC(C)CC2)C1. The molecule has 2 nitrogen and oxygen atoms in total. The highest BCUT2D eigenvalue weighted by molar-refractivity contribution is 5.00. The average molecular weight is 266 g/mol. The van der Waals surface area contributed by atoms with Crippen LogP contribution in [0, 0.1) is 11.3 Å². The third-order valence-corrected chi connectivity index (χ3v) is 6.43. The zero-order valence-corrected chi connectivity index (χ0v) is 13.4. The molecule has 112 valence electrons. The van der Waals surface area contributed by atoms with Gasteiger partial charge in [0, 0.05) is 18.6 Å². The lowest BCUT2D eigenvalue weighted by Gasteiger charge is -2.42. The van der Waals surface area contributed by atoms with E-state index in [9.17, 15) is 0 Å². The van der Waals surface area contributed by atoms with Crippen molar-refractivity contribution in [3.8, 4) is 0 Å². The molecule has 0 amide bonds. The molecular formula is C17H34N2. The van der Waals surface area contributed by atoms with E-state index in [1.807, 2.05) is 0 Å². The smallest absolute Gasteiger partial charge is 0.0332 e. The minimum Gasteiger partial charge on any atom is -0.329 e. The molecule has 2 unspecified atom stereocenters. The van der Waals surface area contributed by atoms with Crippen LogP contribution >= 0.6 is 0 Å². The van der Waals surface area contributed by atoms with E-state index in [0.717, 1.165) is 12.5 Å². The first-order valence-electron chi connectivity index (χ1n) is 8.55. The van der Waals surface area contributed by atoms with Crippen molar-refractivity contribution in [2.75, 3.05) is 19.6 Å². The van der Waals surface area contributed by atoms with Gasteiger partial charge >= 0.3 is 0 Å². The maximum Gasteiger partial charge on any atom is 0.0332 e. The molecule has 2 aliphatic rings. The normalized spacial score (nSPS) is 36.3. The van der Waals surface area contributed by atoms with Gasteiger partial charge in [-0.1, -0.05) is 33.6 Å². The van der Waals surface area contributed by atoms with Gasteiger partial charge in [0.2, 0.25) is 0 Å². The van der Waals surface area contributed by atoms with Gasteiger partial charge in [0.1, 0.15) is 0 Å². The van der Waals surface area contributed by atoms with Crippen LogP contribution in [0.5, 0.6) is 0 Å². The van der Waals surface area contributed by atoms with E-state index in [1.165, 1.54) is 64.5 Å². The fourth-order valence-electron chi connectivity index (χ4n) is 4.38. The van der Waals surface area contributed by atoms with Crippen LogP contribution in [0.25, 0.3) is 0 Å². The molecule has 0 spiro atoms. The summed E-state index contributed by atoms with van der Waals surface area (Å²) in [5, 5.41) is 0. The van der Waals surface area contributed by atoms with E-state index in [1.54, 1.807) is 0 Å². The first-order chi connectivity index (χ1) is 9.10. The van der Waals surface area contributed by atoms with Gasteiger partial charge in [0.15, 0.2) is 0 Å². The largest absolute Gasteiger partial charge is 0.329 e. The number of hydrogen-bond acceptors (Lipinski definition) is 2. The van der Waals surface area contributed by atoms with Crippen molar-refractivity contribution in [2.24, 2.45) is 17.1 Å². The first kappa shape index (κ1) is 15.3. The van der Waals surface area contributed by atoms with Crippen LogP contribution in [-0.4, -0.2) is 30.1 Å². The van der Waals surface area contributed by atoms with Crippen molar-refractivity contribution in [3.05, 3.63) is 0 Å². The van der Waals surface area contributed by atoms with Gasteiger partial charge in [-0.2, -0.15) is 0 Å². The second-order valence-corrected chi connectivity index (χ2v) is 7.34. The summed E-state index contributed by atoms with van der Waals surface area (Å²) in [6, 6.07) is 0. The molecule has 1 aliphatic heterocycles. The summed E-state index contributed by atoms with van der Waals surface area (Å²) in [5.41, 5.74) is 7.18. The van der Waals surface area contributed by atoms with Gasteiger partial charge in [0.05, 0.1) is 0 Å². The molecule has 2 N–H and O–H groups in total. The van der Waals surface area contributed by atoms with E-state index in [0.29, 0.717) is 11.0 Å². The van der Waals surface area contributed by atoms with Crippen molar-refractivity contribution in [2.45, 2.75) is 77.7 Å². The van der Waals surface area contributed by atoms with Crippen LogP contribution in [0.2, 0.25) is 0 Å². The highest BCUT2D eigenvalue weighted by Crippen LogP contribution is 2.43. The standard InChI is InChI=1S/C17H34N2/c1-4-16(5-2)11-12-19(14-16)17(13-18)9-6-7-15(3)8-10-17/h15H,4-14,18H2,1-3H3. The average Bonchev–Trinajstić information content (AvgIpc) is 2.79. The summed E-state index contributed by atoms with van der Waals surface area (Å²) in [7, 11) is 0. The minimum absolute atomic E-state index is 0.330. The molecule has 1 heterocycles. The zero-order valence-electron chi connectivity index (χ0n) is 13.4. The fraction of sp³-hybridized carbons (Fsp3) is 1.00. The fourth-order valence-corrected chi connectivity index (χ4v) is 4.38. The molecule has 2 rings (SSSR count). The Morgan fingerprint density at radius 2 is 1.84 bits per heavy atom. The highest BCUT2D eigenvalue weighted by Gasteiger charge is 2.44. The molecule has 1 saturated carbocycles. The topological polar surface area (TPSA) is 29.3 Å². The van der Waals surface area contributed by atoms with Crippen molar-refractivity contribution in [1.82, 2.24) is 4.90 Å². The summed E-state index contributed by atoms with van der Waals surface area (Å²) in [6.45, 7) is 10.6. The Morgan fingerprint density at radius 3 is 2.42 bits per heavy atom. The Balaban J connectivity index is 2.09. The molecule has 1 saturated heterocycles. The monoisotopic (exact) mass is 266 g/mol. The number of nitrogens with zero attached hydrogens (tertiary/aromatic N) is 1. The molecule has 0 aromatic rings. The summed E-state index contributed by atoms with van der Waals surface area (Å²) < 4.78 is 0. The maximum atomic E-state index is 6.26. The quantitative estimate of drug-likeness (QED) is 0.784. The van der Waals surface area contributed by atoms with Gasteiger partial charge in [0.25, 0.3) is 0 Å². The Morgan fingerprint density at radius 1 is 1.11 bits per heavy atom. The third kappa shape index (κ3) is 3.00. The van der Waals surface area contributed by atoms with Crippen LogP contribution in [-0.2, 0) is 0 Å². The van der Waals surface area contributed by atoms with E-state index in [-0.39, 0.29) is 0 Å². The number of likely N-dealkylation sites (tertiary alicyclic amines) is 1. The molecule has 0 aromatic heterocycles. The Kier molecular flexibility index (Phi) is 4.94. The lowest BCUT2D eigenvalue weighted by atomic mass is 9.81. The predicted octanol–water partition coefficient (Wildman–Crippen LogP) is 3.80. The van der Waals surface area contributed by atoms with Gasteiger partial charge in [-0.15, -0.1) is 0 Å². The molecule has 2 fully saturated rings. The minimum atomic E-state index is 0.330. The van der Waals surface area contributed by atoms with Crippen LogP contribution in [0.3, 0.4) is 0 Å². The second-order valence-electron chi connectivity index (χ2n) is 7.34.